The number of hydrogen-bond donors (Lipinski definition) is 3. The molecule has 4 unspecified atom stereocenters. The third-order valence-corrected chi connectivity index (χ3v) is 9.82. The number of carbonyl (C=O) groups is 3. The van der Waals surface area contributed by atoms with E-state index in [1.165, 1.54) is 7.11 Å². The molecule has 254 valence electrons. The van der Waals surface area contributed by atoms with Crippen molar-refractivity contribution in [3.63, 3.8) is 0 Å². The van der Waals surface area contributed by atoms with Crippen LogP contribution in [0.4, 0.5) is 0 Å². The Morgan fingerprint density at radius 3 is 2.06 bits per heavy atom. The Morgan fingerprint density at radius 2 is 1.49 bits per heavy atom. The smallest absolute Gasteiger partial charge is 0.332 e. The molecule has 2 amide bonds. The predicted octanol–water partition coefficient (Wildman–Crippen LogP) is 6.24. The van der Waals surface area contributed by atoms with Gasteiger partial charge in [-0.05, 0) is 77.1 Å². The van der Waals surface area contributed by atoms with Gasteiger partial charge in [0.25, 0.3) is 5.91 Å². The number of nitrogens with one attached hydrogen (secondary N) is 3. The van der Waals surface area contributed by atoms with Crippen LogP contribution in [0.3, 0.4) is 0 Å². The van der Waals surface area contributed by atoms with Crippen molar-refractivity contribution in [3.8, 4) is 22.6 Å². The van der Waals surface area contributed by atoms with E-state index in [2.05, 4.69) is 28.6 Å². The number of methoxy groups -OCH3 is 1. The Balaban J connectivity index is 1.30. The Bertz CT molecular complexity index is 1930. The van der Waals surface area contributed by atoms with Gasteiger partial charge in [-0.15, -0.1) is 6.58 Å². The normalized spacial score (nSPS) is 22.2. The minimum absolute atomic E-state index is 0.145. The zero-order valence-electron chi connectivity index (χ0n) is 27.4. The van der Waals surface area contributed by atoms with Gasteiger partial charge < -0.3 is 24.8 Å². The van der Waals surface area contributed by atoms with Crippen molar-refractivity contribution in [2.75, 3.05) is 26.9 Å². The van der Waals surface area contributed by atoms with Crippen molar-refractivity contribution >= 4 is 51.1 Å². The molecule has 0 bridgehead atoms. The van der Waals surface area contributed by atoms with Crippen LogP contribution in [-0.2, 0) is 19.1 Å². The summed E-state index contributed by atoms with van der Waals surface area (Å²) in [7, 11) is 1.29. The van der Waals surface area contributed by atoms with E-state index in [1.807, 2.05) is 72.8 Å². The highest BCUT2D eigenvalue weighted by molar-refractivity contribution is 6.13. The monoisotopic (exact) mass is 681 g/mol. The second kappa shape index (κ2) is 14.3. The van der Waals surface area contributed by atoms with Crippen LogP contribution in [0, 0.1) is 11.8 Å². The highest BCUT2D eigenvalue weighted by Crippen LogP contribution is 2.51. The zero-order valence-corrected chi connectivity index (χ0v) is 28.2. The maximum Gasteiger partial charge on any atom is 0.332 e. The van der Waals surface area contributed by atoms with Crippen LogP contribution in [0.2, 0.25) is 0 Å². The number of hydrogen-bond acceptors (Lipinski definition) is 7. The van der Waals surface area contributed by atoms with E-state index < -0.39 is 28.9 Å². The molecule has 2 aliphatic carbocycles. The summed E-state index contributed by atoms with van der Waals surface area (Å²) in [6.07, 6.45) is 5.49. The van der Waals surface area contributed by atoms with Gasteiger partial charge in [-0.1, -0.05) is 79.4 Å². The Labute approximate surface area is 290 Å². The van der Waals surface area contributed by atoms with E-state index in [1.54, 1.807) is 12.2 Å². The van der Waals surface area contributed by atoms with Gasteiger partial charge in [0.2, 0.25) is 5.91 Å². The maximum absolute atomic E-state index is 13.9. The minimum Gasteiger partial charge on any atom is -0.489 e. The Hall–Kier alpha value is -4.86. The molecule has 49 heavy (non-hydrogen) atoms. The Kier molecular flexibility index (Phi) is 9.94. The predicted molar refractivity (Wildman–Crippen MR) is 191 cm³/mol. The van der Waals surface area contributed by atoms with Gasteiger partial charge in [0.05, 0.1) is 7.11 Å². The van der Waals surface area contributed by atoms with Crippen molar-refractivity contribution in [1.29, 1.82) is 0 Å². The number of amides is 2. The number of rotatable bonds is 16. The van der Waals surface area contributed by atoms with Crippen LogP contribution in [0.1, 0.15) is 25.7 Å². The van der Waals surface area contributed by atoms with Crippen LogP contribution in [-0.4, -0.2) is 55.7 Å². The molecule has 9 nitrogen and oxygen atoms in total. The van der Waals surface area contributed by atoms with E-state index >= 15 is 0 Å². The van der Waals surface area contributed by atoms with Gasteiger partial charge in [-0.3, -0.25) is 9.59 Å². The molecule has 2 saturated carbocycles. The summed E-state index contributed by atoms with van der Waals surface area (Å²) in [6.45, 7) is 8.12. The molecule has 0 aromatic heterocycles. The average Bonchev–Trinajstić information content (AvgIpc) is 4.03. The lowest BCUT2D eigenvalue weighted by Crippen LogP contribution is -2.57. The molecule has 0 spiro atoms. The number of esters is 1. The van der Waals surface area contributed by atoms with Crippen LogP contribution < -0.4 is 24.9 Å². The first-order chi connectivity index (χ1) is 23.8. The summed E-state index contributed by atoms with van der Waals surface area (Å²) in [5.41, 5.74) is -0.754. The molecule has 4 atom stereocenters. The third-order valence-electron chi connectivity index (χ3n) is 9.63. The second-order valence-corrected chi connectivity index (χ2v) is 12.9. The molecular weight excluding hydrogens is 642 g/mol. The van der Waals surface area contributed by atoms with Crippen LogP contribution >= 0.6 is 11.8 Å². The average molecular weight is 682 g/mol. The third kappa shape index (κ3) is 6.60. The molecule has 10 heteroatoms. The fourth-order valence-electron chi connectivity index (χ4n) is 6.92. The van der Waals surface area contributed by atoms with Gasteiger partial charge >= 0.3 is 5.97 Å². The summed E-state index contributed by atoms with van der Waals surface area (Å²) >= 11 is 5.67. The molecule has 4 aromatic carbocycles. The van der Waals surface area contributed by atoms with Crippen molar-refractivity contribution in [2.45, 2.75) is 36.8 Å². The minimum atomic E-state index is -1.20. The van der Waals surface area contributed by atoms with E-state index in [-0.39, 0.29) is 18.4 Å². The van der Waals surface area contributed by atoms with Crippen molar-refractivity contribution in [3.05, 3.63) is 98.1 Å². The zero-order chi connectivity index (χ0) is 34.6. The van der Waals surface area contributed by atoms with Crippen LogP contribution in [0.25, 0.3) is 32.7 Å². The largest absolute Gasteiger partial charge is 0.489 e. The van der Waals surface area contributed by atoms with Crippen molar-refractivity contribution in [2.24, 2.45) is 11.8 Å². The molecule has 6 rings (SSSR count). The molecule has 0 aliphatic heterocycles. The summed E-state index contributed by atoms with van der Waals surface area (Å²) < 4.78 is 17.5. The molecule has 0 radical (unpaired) electrons. The number of carbonyl (C=O) groups excluding carboxylic acids is 3. The SMILES string of the molecule is C=CCOc1ccc2ccccc2c1-c1c(OCC(=O)NC2(C(=O)NC3(C(=O)OC)CC3C=C)CC2CCCNCl)ccc2ccccc12. The first-order valence-corrected chi connectivity index (χ1v) is 16.8. The molecule has 3 N–H and O–H groups in total. The fourth-order valence-corrected chi connectivity index (χ4v) is 7.05. The first kappa shape index (κ1) is 34.0. The summed E-state index contributed by atoms with van der Waals surface area (Å²) in [6, 6.07) is 23.8. The summed E-state index contributed by atoms with van der Waals surface area (Å²) in [5, 5.41) is 9.81. The van der Waals surface area contributed by atoms with Gasteiger partial charge in [0, 0.05) is 23.6 Å². The number of benzene rings is 4. The Morgan fingerprint density at radius 1 is 0.857 bits per heavy atom. The first-order valence-electron chi connectivity index (χ1n) is 16.4. The fraction of sp³-hybridized carbons (Fsp3) is 0.308. The molecule has 2 aliphatic rings. The van der Waals surface area contributed by atoms with Gasteiger partial charge in [-0.2, -0.15) is 0 Å². The van der Waals surface area contributed by atoms with Crippen molar-refractivity contribution in [1.82, 2.24) is 15.5 Å². The number of fused-ring (bicyclic) bond motifs is 2. The van der Waals surface area contributed by atoms with Gasteiger partial charge in [-0.25, -0.2) is 9.63 Å². The summed E-state index contributed by atoms with van der Waals surface area (Å²) in [4.78, 5) is 42.9. The lowest BCUT2D eigenvalue weighted by molar-refractivity contribution is -0.147. The highest BCUT2D eigenvalue weighted by Gasteiger charge is 2.66. The van der Waals surface area contributed by atoms with Gasteiger partial charge in [0.1, 0.15) is 29.2 Å². The maximum atomic E-state index is 13.9. The molecular formula is C39H40ClN3O6. The lowest BCUT2D eigenvalue weighted by atomic mass is 9.92. The molecule has 2 fully saturated rings. The van der Waals surface area contributed by atoms with E-state index in [9.17, 15) is 14.4 Å². The summed E-state index contributed by atoms with van der Waals surface area (Å²) in [5.74, 6) is -0.671. The molecule has 4 aromatic rings. The number of ether oxygens (including phenoxy) is 3. The van der Waals surface area contributed by atoms with E-state index in [0.29, 0.717) is 50.3 Å². The lowest BCUT2D eigenvalue weighted by Gasteiger charge is -2.24. The second-order valence-electron chi connectivity index (χ2n) is 12.6. The quantitative estimate of drug-likeness (QED) is 0.0556. The standard InChI is InChI=1S/C39H40ClN3O6/c1-4-21-48-31-18-16-25-11-6-8-14-29(25)34(31)35-30-15-9-7-12-26(30)17-19-32(35)49-24-33(44)42-38(23-28(38)13-10-20-41-40)36(45)43-39(37(46)47-3)22-27(39)5-2/h4-9,11-12,14-19,27-28,41H,1-2,10,13,20-24H2,3H3,(H,42,44)(H,43,45). The van der Waals surface area contributed by atoms with Crippen LogP contribution in [0.5, 0.6) is 11.5 Å². The molecule has 0 heterocycles. The number of halogens is 1. The highest BCUT2D eigenvalue weighted by atomic mass is 35.5. The van der Waals surface area contributed by atoms with Gasteiger partial charge in [0.15, 0.2) is 6.61 Å². The van der Waals surface area contributed by atoms with Crippen molar-refractivity contribution < 1.29 is 28.6 Å². The van der Waals surface area contributed by atoms with Crippen LogP contribution in [0.15, 0.2) is 98.1 Å². The molecule has 0 saturated heterocycles. The topological polar surface area (TPSA) is 115 Å². The van der Waals surface area contributed by atoms with E-state index in [4.69, 9.17) is 26.0 Å². The van der Waals surface area contributed by atoms with E-state index in [0.717, 1.165) is 32.7 Å².